The molecule has 7 heteroatoms. The van der Waals surface area contributed by atoms with Crippen molar-refractivity contribution in [3.05, 3.63) is 52.6 Å². The van der Waals surface area contributed by atoms with Crippen LogP contribution in [0, 0.1) is 11.7 Å². The largest absolute Gasteiger partial charge is 0.378 e. The fourth-order valence-corrected chi connectivity index (χ4v) is 4.56. The summed E-state index contributed by atoms with van der Waals surface area (Å²) < 4.78 is 21.4. The quantitative estimate of drug-likeness (QED) is 0.737. The van der Waals surface area contributed by atoms with Gasteiger partial charge in [-0.2, -0.15) is 5.10 Å². The van der Waals surface area contributed by atoms with Crippen molar-refractivity contribution in [3.8, 4) is 0 Å². The van der Waals surface area contributed by atoms with E-state index < -0.39 is 0 Å². The second kappa shape index (κ2) is 9.92. The molecular weight excluding hydrogens is 395 g/mol. The normalized spacial score (nSPS) is 19.0. The molecule has 1 amide bonds. The molecule has 1 N–H and O–H groups in total. The first-order valence-corrected chi connectivity index (χ1v) is 11.4. The van der Waals surface area contributed by atoms with Crippen molar-refractivity contribution in [3.63, 3.8) is 0 Å². The van der Waals surface area contributed by atoms with Crippen LogP contribution in [-0.2, 0) is 30.5 Å². The molecule has 1 aliphatic carbocycles. The van der Waals surface area contributed by atoms with Gasteiger partial charge in [-0.05, 0) is 49.8 Å². The van der Waals surface area contributed by atoms with Gasteiger partial charge >= 0.3 is 0 Å². The van der Waals surface area contributed by atoms with E-state index in [1.807, 2.05) is 17.0 Å². The van der Waals surface area contributed by atoms with E-state index in [9.17, 15) is 9.18 Å². The lowest BCUT2D eigenvalue weighted by Crippen LogP contribution is -2.42. The molecule has 0 bridgehead atoms. The second-order valence-corrected chi connectivity index (χ2v) is 8.99. The number of halogens is 1. The van der Waals surface area contributed by atoms with Crippen LogP contribution in [0.1, 0.15) is 47.6 Å². The van der Waals surface area contributed by atoms with Gasteiger partial charge < -0.3 is 15.0 Å². The Morgan fingerprint density at radius 3 is 2.81 bits per heavy atom. The Balaban J connectivity index is 1.47. The number of benzene rings is 1. The minimum absolute atomic E-state index is 0.0223. The van der Waals surface area contributed by atoms with E-state index in [0.717, 1.165) is 36.9 Å². The van der Waals surface area contributed by atoms with Gasteiger partial charge in [-0.1, -0.05) is 32.0 Å². The molecule has 31 heavy (non-hydrogen) atoms. The Hall–Kier alpha value is -2.25. The van der Waals surface area contributed by atoms with Gasteiger partial charge in [0.1, 0.15) is 5.82 Å². The zero-order chi connectivity index (χ0) is 21.8. The van der Waals surface area contributed by atoms with Crippen LogP contribution in [0.3, 0.4) is 0 Å². The van der Waals surface area contributed by atoms with Gasteiger partial charge in [0.25, 0.3) is 5.91 Å². The summed E-state index contributed by atoms with van der Waals surface area (Å²) in [6.07, 6.45) is 3.35. The minimum atomic E-state index is -0.149. The lowest BCUT2D eigenvalue weighted by Gasteiger charge is -2.28. The first kappa shape index (κ1) is 22.0. The van der Waals surface area contributed by atoms with Crippen molar-refractivity contribution >= 4 is 5.91 Å². The Morgan fingerprint density at radius 2 is 2.06 bits per heavy atom. The maximum atomic E-state index is 13.9. The van der Waals surface area contributed by atoms with E-state index in [4.69, 9.17) is 9.84 Å². The maximum absolute atomic E-state index is 13.9. The number of aromatic nitrogens is 2. The van der Waals surface area contributed by atoms with Crippen molar-refractivity contribution in [2.75, 3.05) is 32.8 Å². The van der Waals surface area contributed by atoms with Crippen molar-refractivity contribution in [2.45, 2.75) is 52.1 Å². The van der Waals surface area contributed by atoms with Crippen LogP contribution < -0.4 is 5.32 Å². The Morgan fingerprint density at radius 1 is 1.29 bits per heavy atom. The van der Waals surface area contributed by atoms with Gasteiger partial charge in [0, 0.05) is 36.9 Å². The highest BCUT2D eigenvalue weighted by atomic mass is 19.1. The number of rotatable bonds is 7. The molecule has 6 nitrogen and oxygen atoms in total. The molecule has 1 fully saturated rings. The van der Waals surface area contributed by atoms with E-state index in [-0.39, 0.29) is 17.8 Å². The summed E-state index contributed by atoms with van der Waals surface area (Å²) in [5, 5.41) is 8.37. The average molecular weight is 429 g/mol. The molecule has 1 aromatic carbocycles. The predicted octanol–water partition coefficient (Wildman–Crippen LogP) is 2.84. The fourth-order valence-electron chi connectivity index (χ4n) is 4.56. The number of nitrogens with one attached hydrogen (secondary N) is 1. The van der Waals surface area contributed by atoms with Crippen molar-refractivity contribution in [1.29, 1.82) is 0 Å². The van der Waals surface area contributed by atoms with E-state index in [0.29, 0.717) is 50.9 Å². The summed E-state index contributed by atoms with van der Waals surface area (Å²) in [7, 11) is 0. The first-order chi connectivity index (χ1) is 15.0. The summed E-state index contributed by atoms with van der Waals surface area (Å²) >= 11 is 0. The molecule has 1 aliphatic heterocycles. The Labute approximate surface area is 183 Å². The molecule has 168 valence electrons. The third-order valence-electron chi connectivity index (χ3n) is 6.17. The molecule has 2 heterocycles. The van der Waals surface area contributed by atoms with Gasteiger partial charge in [-0.15, -0.1) is 0 Å². The summed E-state index contributed by atoms with van der Waals surface area (Å²) in [6, 6.07) is 7.21. The van der Waals surface area contributed by atoms with Crippen molar-refractivity contribution < 1.29 is 13.9 Å². The topological polar surface area (TPSA) is 59.4 Å². The highest BCUT2D eigenvalue weighted by Crippen LogP contribution is 2.27. The molecule has 1 aromatic heterocycles. The second-order valence-electron chi connectivity index (χ2n) is 8.99. The molecule has 0 unspecified atom stereocenters. The van der Waals surface area contributed by atoms with E-state index >= 15 is 0 Å². The Kier molecular flexibility index (Phi) is 7.02. The zero-order valence-electron chi connectivity index (χ0n) is 18.6. The number of morpholine rings is 1. The lowest BCUT2D eigenvalue weighted by atomic mass is 9.90. The van der Waals surface area contributed by atoms with Crippen LogP contribution in [0.25, 0.3) is 0 Å². The molecule has 2 aliphatic rings. The molecule has 0 spiro atoms. The number of carbonyl (C=O) groups excluding carboxylic acids is 1. The summed E-state index contributed by atoms with van der Waals surface area (Å²) in [5.74, 6) is 0.338. The number of nitrogens with zero attached hydrogens (tertiary/aromatic N) is 3. The summed E-state index contributed by atoms with van der Waals surface area (Å²) in [4.78, 5) is 15.1. The highest BCUT2D eigenvalue weighted by molar-refractivity contribution is 5.94. The highest BCUT2D eigenvalue weighted by Gasteiger charge is 2.31. The van der Waals surface area contributed by atoms with Crippen molar-refractivity contribution in [2.24, 2.45) is 5.92 Å². The van der Waals surface area contributed by atoms with Crippen LogP contribution in [0.4, 0.5) is 4.39 Å². The van der Waals surface area contributed by atoms with Crippen molar-refractivity contribution in [1.82, 2.24) is 20.0 Å². The van der Waals surface area contributed by atoms with Gasteiger partial charge in [0.15, 0.2) is 5.69 Å². The van der Waals surface area contributed by atoms with E-state index in [1.54, 1.807) is 6.07 Å². The lowest BCUT2D eigenvalue weighted by molar-refractivity contribution is 0.0297. The number of hydrogen-bond donors (Lipinski definition) is 1. The Bertz CT molecular complexity index is 905. The third kappa shape index (κ3) is 5.15. The number of amides is 1. The number of fused-ring (bicyclic) bond motifs is 1. The molecule has 1 saturated heterocycles. The molecule has 0 radical (unpaired) electrons. The SMILES string of the molecule is CC(C)Cn1nc(C(=O)N2CCOCC2)c2c1CC[C@H](NCCc1ccccc1F)C2. The standard InChI is InChI=1S/C24H33FN4O2/c1-17(2)16-29-22-8-7-19(26-10-9-18-5-3-4-6-21(18)25)15-20(22)23(27-29)24(30)28-11-13-31-14-12-28/h3-6,17,19,26H,7-16H2,1-2H3/t19-/m0/s1. The number of hydrogen-bond acceptors (Lipinski definition) is 4. The van der Waals surface area contributed by atoms with Crippen LogP contribution in [0.15, 0.2) is 24.3 Å². The summed E-state index contributed by atoms with van der Waals surface area (Å²) in [6.45, 7) is 8.30. The number of carbonyl (C=O) groups is 1. The van der Waals surface area contributed by atoms with Crippen LogP contribution >= 0.6 is 0 Å². The van der Waals surface area contributed by atoms with Gasteiger partial charge in [-0.25, -0.2) is 4.39 Å². The van der Waals surface area contributed by atoms with Crippen LogP contribution in [0.2, 0.25) is 0 Å². The molecule has 0 saturated carbocycles. The number of ether oxygens (including phenoxy) is 1. The smallest absolute Gasteiger partial charge is 0.274 e. The zero-order valence-corrected chi connectivity index (χ0v) is 18.6. The van der Waals surface area contributed by atoms with Crippen LogP contribution in [0.5, 0.6) is 0 Å². The minimum Gasteiger partial charge on any atom is -0.378 e. The van der Waals surface area contributed by atoms with Gasteiger partial charge in [0.05, 0.1) is 13.2 Å². The third-order valence-corrected chi connectivity index (χ3v) is 6.17. The molecule has 1 atom stereocenters. The fraction of sp³-hybridized carbons (Fsp3) is 0.583. The van der Waals surface area contributed by atoms with E-state index in [2.05, 4.69) is 23.8 Å². The maximum Gasteiger partial charge on any atom is 0.274 e. The molecule has 4 rings (SSSR count). The first-order valence-electron chi connectivity index (χ1n) is 11.4. The monoisotopic (exact) mass is 428 g/mol. The van der Waals surface area contributed by atoms with Gasteiger partial charge in [-0.3, -0.25) is 9.48 Å². The average Bonchev–Trinajstić information content (AvgIpc) is 3.12. The van der Waals surface area contributed by atoms with Crippen LogP contribution in [-0.4, -0.2) is 59.5 Å². The molecular formula is C24H33FN4O2. The summed E-state index contributed by atoms with van der Waals surface area (Å²) in [5.41, 5.74) is 3.64. The molecule has 2 aromatic rings. The van der Waals surface area contributed by atoms with E-state index in [1.165, 1.54) is 11.8 Å². The predicted molar refractivity (Wildman–Crippen MR) is 118 cm³/mol. The van der Waals surface area contributed by atoms with Gasteiger partial charge in [0.2, 0.25) is 0 Å².